The number of carbonyl (C=O) groups is 2. The number of rotatable bonds is 5. The lowest BCUT2D eigenvalue weighted by atomic mass is 10.0. The Hall–Kier alpha value is -2.04. The summed E-state index contributed by atoms with van der Waals surface area (Å²) in [7, 11) is 0. The van der Waals surface area contributed by atoms with Crippen molar-refractivity contribution in [3.05, 3.63) is 28.8 Å². The highest BCUT2D eigenvalue weighted by Gasteiger charge is 2.19. The van der Waals surface area contributed by atoms with Gasteiger partial charge in [0.25, 0.3) is 0 Å². The standard InChI is InChI=1S/C14H18O5/c1-5-18-14(17)12-7-10(19-8(2)3)6-11(9(12)4)13(15)16/h6-8H,5H2,1-4H3,(H,15,16). The molecule has 0 amide bonds. The van der Waals surface area contributed by atoms with Crippen molar-refractivity contribution in [2.45, 2.75) is 33.8 Å². The lowest BCUT2D eigenvalue weighted by Crippen LogP contribution is -2.13. The molecular weight excluding hydrogens is 248 g/mol. The van der Waals surface area contributed by atoms with Crippen LogP contribution < -0.4 is 4.74 Å². The molecule has 0 aliphatic carbocycles. The van der Waals surface area contributed by atoms with Crippen LogP contribution in [0.25, 0.3) is 0 Å². The number of carboxylic acids is 1. The molecule has 0 radical (unpaired) electrons. The number of hydrogen-bond acceptors (Lipinski definition) is 4. The Morgan fingerprint density at radius 1 is 1.26 bits per heavy atom. The molecule has 0 saturated heterocycles. The third kappa shape index (κ3) is 3.71. The SMILES string of the molecule is CCOC(=O)c1cc(OC(C)C)cc(C(=O)O)c1C. The Labute approximate surface area is 112 Å². The topological polar surface area (TPSA) is 72.8 Å². The molecule has 0 unspecified atom stereocenters. The molecule has 1 aromatic carbocycles. The van der Waals surface area contributed by atoms with E-state index in [1.807, 2.05) is 13.8 Å². The number of aromatic carboxylic acids is 1. The van der Waals surface area contributed by atoms with Gasteiger partial charge in [0.15, 0.2) is 0 Å². The van der Waals surface area contributed by atoms with E-state index in [9.17, 15) is 9.59 Å². The molecule has 0 heterocycles. The van der Waals surface area contributed by atoms with E-state index < -0.39 is 11.9 Å². The minimum absolute atomic E-state index is 0.0428. The summed E-state index contributed by atoms with van der Waals surface area (Å²) in [5.41, 5.74) is 0.639. The molecule has 0 atom stereocenters. The van der Waals surface area contributed by atoms with Gasteiger partial charge in [0, 0.05) is 0 Å². The van der Waals surface area contributed by atoms with Gasteiger partial charge in [0.2, 0.25) is 0 Å². The van der Waals surface area contributed by atoms with Crippen LogP contribution in [0.5, 0.6) is 5.75 Å². The fourth-order valence-corrected chi connectivity index (χ4v) is 1.67. The van der Waals surface area contributed by atoms with Crippen LogP contribution in [-0.2, 0) is 4.74 Å². The first kappa shape index (κ1) is 15.0. The highest BCUT2D eigenvalue weighted by molar-refractivity contribution is 5.98. The van der Waals surface area contributed by atoms with Gasteiger partial charge >= 0.3 is 11.9 Å². The summed E-state index contributed by atoms with van der Waals surface area (Å²) in [5, 5.41) is 9.15. The van der Waals surface area contributed by atoms with Crippen LogP contribution in [-0.4, -0.2) is 29.8 Å². The van der Waals surface area contributed by atoms with Crippen LogP contribution in [0.4, 0.5) is 0 Å². The number of ether oxygens (including phenoxy) is 2. The van der Waals surface area contributed by atoms with Crippen molar-refractivity contribution >= 4 is 11.9 Å². The maximum Gasteiger partial charge on any atom is 0.338 e. The van der Waals surface area contributed by atoms with Crippen LogP contribution in [0, 0.1) is 6.92 Å². The minimum atomic E-state index is -1.10. The first-order valence-corrected chi connectivity index (χ1v) is 6.08. The molecule has 1 rings (SSSR count). The molecule has 0 saturated carbocycles. The van der Waals surface area contributed by atoms with Gasteiger partial charge in [0.1, 0.15) is 5.75 Å². The van der Waals surface area contributed by atoms with E-state index in [1.54, 1.807) is 13.8 Å². The molecule has 0 aliphatic rings. The zero-order chi connectivity index (χ0) is 14.6. The molecule has 5 nitrogen and oxygen atoms in total. The molecule has 5 heteroatoms. The first-order valence-electron chi connectivity index (χ1n) is 6.08. The van der Waals surface area contributed by atoms with Crippen LogP contribution >= 0.6 is 0 Å². The Kier molecular flexibility index (Phi) is 4.92. The summed E-state index contributed by atoms with van der Waals surface area (Å²) in [6, 6.07) is 2.93. The second-order valence-corrected chi connectivity index (χ2v) is 4.34. The van der Waals surface area contributed by atoms with E-state index in [2.05, 4.69) is 0 Å². The average molecular weight is 266 g/mol. The molecule has 0 aromatic heterocycles. The van der Waals surface area contributed by atoms with Gasteiger partial charge in [-0.15, -0.1) is 0 Å². The highest BCUT2D eigenvalue weighted by atomic mass is 16.5. The van der Waals surface area contributed by atoms with E-state index in [4.69, 9.17) is 14.6 Å². The predicted octanol–water partition coefficient (Wildman–Crippen LogP) is 2.66. The van der Waals surface area contributed by atoms with Crippen molar-refractivity contribution in [2.24, 2.45) is 0 Å². The lowest BCUT2D eigenvalue weighted by Gasteiger charge is -2.14. The van der Waals surface area contributed by atoms with E-state index in [1.165, 1.54) is 12.1 Å². The predicted molar refractivity (Wildman–Crippen MR) is 69.9 cm³/mol. The normalized spacial score (nSPS) is 10.4. The summed E-state index contributed by atoms with van der Waals surface area (Å²) >= 11 is 0. The fourth-order valence-electron chi connectivity index (χ4n) is 1.67. The quantitative estimate of drug-likeness (QED) is 0.829. The molecule has 19 heavy (non-hydrogen) atoms. The molecule has 0 aliphatic heterocycles. The first-order chi connectivity index (χ1) is 8.86. The van der Waals surface area contributed by atoms with Crippen molar-refractivity contribution in [3.63, 3.8) is 0 Å². The molecular formula is C14H18O5. The van der Waals surface area contributed by atoms with Crippen LogP contribution in [0.3, 0.4) is 0 Å². The number of hydrogen-bond donors (Lipinski definition) is 1. The van der Waals surface area contributed by atoms with Crippen LogP contribution in [0.1, 0.15) is 47.1 Å². The van der Waals surface area contributed by atoms with Crippen molar-refractivity contribution < 1.29 is 24.2 Å². The number of benzene rings is 1. The molecule has 104 valence electrons. The van der Waals surface area contributed by atoms with Crippen LogP contribution in [0.15, 0.2) is 12.1 Å². The van der Waals surface area contributed by atoms with Gasteiger partial charge in [-0.2, -0.15) is 0 Å². The molecule has 1 N–H and O–H groups in total. The van der Waals surface area contributed by atoms with Gasteiger partial charge < -0.3 is 14.6 Å². The second-order valence-electron chi connectivity index (χ2n) is 4.34. The minimum Gasteiger partial charge on any atom is -0.491 e. The zero-order valence-electron chi connectivity index (χ0n) is 11.5. The summed E-state index contributed by atoms with van der Waals surface area (Å²) in [6.45, 7) is 7.15. The molecule has 0 fully saturated rings. The van der Waals surface area contributed by atoms with Crippen molar-refractivity contribution in [3.8, 4) is 5.75 Å². The van der Waals surface area contributed by atoms with Gasteiger partial charge in [-0.3, -0.25) is 0 Å². The van der Waals surface area contributed by atoms with E-state index >= 15 is 0 Å². The second kappa shape index (κ2) is 6.22. The maximum absolute atomic E-state index is 11.8. The van der Waals surface area contributed by atoms with Gasteiger partial charge in [-0.25, -0.2) is 9.59 Å². The molecule has 1 aromatic rings. The maximum atomic E-state index is 11.8. The Morgan fingerprint density at radius 3 is 2.32 bits per heavy atom. The third-order valence-electron chi connectivity index (χ3n) is 2.48. The Bertz CT molecular complexity index is 491. The summed E-state index contributed by atoms with van der Waals surface area (Å²) in [6.07, 6.45) is -0.112. The van der Waals surface area contributed by atoms with E-state index in [-0.39, 0.29) is 23.8 Å². The van der Waals surface area contributed by atoms with Gasteiger partial charge in [-0.05, 0) is 45.4 Å². The average Bonchev–Trinajstić information content (AvgIpc) is 2.30. The number of esters is 1. The summed E-state index contributed by atoms with van der Waals surface area (Å²) < 4.78 is 10.4. The molecule has 0 spiro atoms. The Morgan fingerprint density at radius 2 is 1.84 bits per heavy atom. The van der Waals surface area contributed by atoms with Crippen molar-refractivity contribution in [2.75, 3.05) is 6.61 Å². The van der Waals surface area contributed by atoms with E-state index in [0.29, 0.717) is 11.3 Å². The van der Waals surface area contributed by atoms with Crippen molar-refractivity contribution in [1.82, 2.24) is 0 Å². The fraction of sp³-hybridized carbons (Fsp3) is 0.429. The summed E-state index contributed by atoms with van der Waals surface area (Å²) in [4.78, 5) is 23.0. The lowest BCUT2D eigenvalue weighted by molar-refractivity contribution is 0.0524. The summed E-state index contributed by atoms with van der Waals surface area (Å²) in [5.74, 6) is -1.30. The van der Waals surface area contributed by atoms with Gasteiger partial charge in [0.05, 0.1) is 23.8 Å². The molecule has 0 bridgehead atoms. The smallest absolute Gasteiger partial charge is 0.338 e. The van der Waals surface area contributed by atoms with Crippen molar-refractivity contribution in [1.29, 1.82) is 0 Å². The Balaban J connectivity index is 3.31. The third-order valence-corrected chi connectivity index (χ3v) is 2.48. The zero-order valence-corrected chi connectivity index (χ0v) is 11.5. The van der Waals surface area contributed by atoms with E-state index in [0.717, 1.165) is 0 Å². The largest absolute Gasteiger partial charge is 0.491 e. The van der Waals surface area contributed by atoms with Crippen LogP contribution in [0.2, 0.25) is 0 Å². The number of carboxylic acid groups (broad SMARTS) is 1. The number of carbonyl (C=O) groups excluding carboxylic acids is 1. The highest BCUT2D eigenvalue weighted by Crippen LogP contribution is 2.24. The monoisotopic (exact) mass is 266 g/mol. The van der Waals surface area contributed by atoms with Gasteiger partial charge in [-0.1, -0.05) is 0 Å².